The van der Waals surface area contributed by atoms with E-state index in [0.717, 1.165) is 34.4 Å². The molecule has 1 heterocycles. The van der Waals surface area contributed by atoms with Crippen LogP contribution < -0.4 is 0 Å². The van der Waals surface area contributed by atoms with Gasteiger partial charge in [-0.05, 0) is 61.7 Å². The number of hydrogen-bond donors (Lipinski definition) is 1. The van der Waals surface area contributed by atoms with Crippen molar-refractivity contribution in [1.82, 2.24) is 0 Å². The van der Waals surface area contributed by atoms with E-state index in [1.54, 1.807) is 0 Å². The molecule has 1 aliphatic heterocycles. The van der Waals surface area contributed by atoms with Crippen molar-refractivity contribution < 1.29 is 32.5 Å². The van der Waals surface area contributed by atoms with Crippen LogP contribution in [0.1, 0.15) is 61.9 Å². The van der Waals surface area contributed by atoms with Gasteiger partial charge >= 0.3 is 12.1 Å². The van der Waals surface area contributed by atoms with E-state index in [4.69, 9.17) is 9.47 Å². The van der Waals surface area contributed by atoms with Crippen LogP contribution in [-0.2, 0) is 20.4 Å². The Morgan fingerprint density at radius 3 is 2.16 bits per heavy atom. The second-order valence-corrected chi connectivity index (χ2v) is 12.0. The van der Waals surface area contributed by atoms with Gasteiger partial charge in [-0.1, -0.05) is 45.4 Å². The molecule has 0 saturated heterocycles. The molecule has 4 nitrogen and oxygen atoms in total. The Bertz CT molecular complexity index is 1140. The van der Waals surface area contributed by atoms with Crippen LogP contribution in [0.25, 0.3) is 5.57 Å². The van der Waals surface area contributed by atoms with Gasteiger partial charge in [-0.2, -0.15) is 13.2 Å². The Hall–Kier alpha value is -2.45. The average Bonchev–Trinajstić information content (AvgIpc) is 2.77. The molecule has 0 fully saturated rings. The molecular formula is C29H35F3O4S. The second-order valence-electron chi connectivity index (χ2n) is 10.9. The van der Waals surface area contributed by atoms with Crippen LogP contribution in [-0.4, -0.2) is 29.2 Å². The second kappa shape index (κ2) is 11.1. The smallest absolute Gasteiger partial charge is 0.416 e. The molecule has 1 N–H and O–H groups in total. The van der Waals surface area contributed by atoms with Gasteiger partial charge in [0.15, 0.2) is 0 Å². The normalized spacial score (nSPS) is 18.5. The lowest BCUT2D eigenvalue weighted by Crippen LogP contribution is -2.36. The van der Waals surface area contributed by atoms with E-state index in [2.05, 4.69) is 0 Å². The van der Waals surface area contributed by atoms with E-state index >= 15 is 0 Å². The average molecular weight is 537 g/mol. The van der Waals surface area contributed by atoms with E-state index < -0.39 is 35.5 Å². The van der Waals surface area contributed by atoms with Crippen molar-refractivity contribution in [3.05, 3.63) is 70.0 Å². The largest absolute Gasteiger partial charge is 0.468 e. The highest BCUT2D eigenvalue weighted by molar-refractivity contribution is 7.99. The predicted molar refractivity (Wildman–Crippen MR) is 140 cm³/mol. The van der Waals surface area contributed by atoms with E-state index in [0.29, 0.717) is 22.0 Å². The van der Waals surface area contributed by atoms with Crippen molar-refractivity contribution in [2.45, 2.75) is 78.4 Å². The Morgan fingerprint density at radius 2 is 1.65 bits per heavy atom. The molecule has 0 radical (unpaired) electrons. The van der Waals surface area contributed by atoms with Crippen LogP contribution in [0, 0.1) is 32.1 Å². The first-order valence-corrected chi connectivity index (χ1v) is 13.2. The first-order valence-electron chi connectivity index (χ1n) is 12.2. The number of hydrogen-bond acceptors (Lipinski definition) is 5. The molecule has 3 unspecified atom stereocenters. The van der Waals surface area contributed by atoms with Crippen molar-refractivity contribution in [3.63, 3.8) is 0 Å². The molecule has 2 aromatic carbocycles. The highest BCUT2D eigenvalue weighted by atomic mass is 32.2. The molecule has 0 spiro atoms. The molecule has 3 rings (SSSR count). The van der Waals surface area contributed by atoms with Crippen LogP contribution in [0.4, 0.5) is 13.2 Å². The maximum Gasteiger partial charge on any atom is 0.416 e. The minimum absolute atomic E-state index is 0.122. The molecule has 2 aromatic rings. The molecule has 0 aliphatic carbocycles. The van der Waals surface area contributed by atoms with Crippen molar-refractivity contribution in [2.24, 2.45) is 11.3 Å². The molecule has 202 valence electrons. The number of ether oxygens (including phenoxy) is 2. The Kier molecular flexibility index (Phi) is 8.75. The highest BCUT2D eigenvalue weighted by Gasteiger charge is 2.38. The van der Waals surface area contributed by atoms with Crippen molar-refractivity contribution >= 4 is 23.3 Å². The number of esters is 1. The van der Waals surface area contributed by atoms with Gasteiger partial charge in [-0.15, -0.1) is 11.8 Å². The Morgan fingerprint density at radius 1 is 1.08 bits per heavy atom. The van der Waals surface area contributed by atoms with Crippen LogP contribution in [0.2, 0.25) is 0 Å². The van der Waals surface area contributed by atoms with Gasteiger partial charge in [0.2, 0.25) is 6.29 Å². The van der Waals surface area contributed by atoms with Gasteiger partial charge in [0.05, 0.1) is 5.56 Å². The van der Waals surface area contributed by atoms with Gasteiger partial charge in [-0.25, -0.2) is 4.79 Å². The van der Waals surface area contributed by atoms with Crippen LogP contribution in [0.5, 0.6) is 0 Å². The fourth-order valence-corrected chi connectivity index (χ4v) is 5.26. The van der Waals surface area contributed by atoms with E-state index in [9.17, 15) is 23.1 Å². The molecule has 8 heteroatoms. The molecule has 1 aliphatic rings. The first kappa shape index (κ1) is 29.1. The lowest BCUT2D eigenvalue weighted by molar-refractivity contribution is -0.155. The summed E-state index contributed by atoms with van der Waals surface area (Å²) < 4.78 is 50.5. The van der Waals surface area contributed by atoms with Gasteiger partial charge in [0, 0.05) is 28.4 Å². The molecular weight excluding hydrogens is 501 g/mol. The number of carbonyl (C=O) groups is 1. The fraction of sp³-hybridized carbons (Fsp3) is 0.483. The number of halogens is 3. The van der Waals surface area contributed by atoms with Gasteiger partial charge in [-0.3, -0.25) is 0 Å². The zero-order valence-corrected chi connectivity index (χ0v) is 23.1. The summed E-state index contributed by atoms with van der Waals surface area (Å²) in [5, 5.41) is 10.7. The third-order valence-electron chi connectivity index (χ3n) is 6.38. The maximum atomic E-state index is 13.4. The molecule has 0 saturated carbocycles. The number of cyclic esters (lactones) is 1. The van der Waals surface area contributed by atoms with Crippen molar-refractivity contribution in [1.29, 1.82) is 0 Å². The van der Waals surface area contributed by atoms with Gasteiger partial charge < -0.3 is 14.6 Å². The topological polar surface area (TPSA) is 55.8 Å². The van der Waals surface area contributed by atoms with Crippen molar-refractivity contribution in [3.8, 4) is 0 Å². The number of aliphatic hydroxyl groups is 1. The zero-order valence-electron chi connectivity index (χ0n) is 22.3. The molecule has 3 atom stereocenters. The Balaban J connectivity index is 1.86. The van der Waals surface area contributed by atoms with Crippen LogP contribution in [0.3, 0.4) is 0 Å². The minimum Gasteiger partial charge on any atom is -0.468 e. The summed E-state index contributed by atoms with van der Waals surface area (Å²) in [6.45, 7) is 13.3. The highest BCUT2D eigenvalue weighted by Crippen LogP contribution is 2.39. The summed E-state index contributed by atoms with van der Waals surface area (Å²) in [6.07, 6.45) is -5.73. The third kappa shape index (κ3) is 7.11. The third-order valence-corrected chi connectivity index (χ3v) is 7.68. The molecule has 0 bridgehead atoms. The fourth-order valence-electron chi connectivity index (χ4n) is 4.26. The van der Waals surface area contributed by atoms with Crippen LogP contribution in [0.15, 0.2) is 47.1 Å². The number of carbonyl (C=O) groups excluding carboxylic acids is 1. The van der Waals surface area contributed by atoms with Gasteiger partial charge in [0.1, 0.15) is 17.4 Å². The predicted octanol–water partition coefficient (Wildman–Crippen LogP) is 7.47. The van der Waals surface area contributed by atoms with E-state index in [1.807, 2.05) is 60.6 Å². The van der Waals surface area contributed by atoms with E-state index in [1.165, 1.54) is 23.9 Å². The number of alkyl halides is 3. The number of benzene rings is 2. The number of thioether (sulfide) groups is 1. The molecule has 0 amide bonds. The summed E-state index contributed by atoms with van der Waals surface area (Å²) >= 11 is 1.40. The summed E-state index contributed by atoms with van der Waals surface area (Å²) in [7, 11) is 0. The summed E-state index contributed by atoms with van der Waals surface area (Å²) in [6, 6.07) is 9.01. The zero-order chi connectivity index (χ0) is 27.7. The van der Waals surface area contributed by atoms with Crippen LogP contribution >= 0.6 is 11.8 Å². The number of aliphatic hydroxyl groups excluding tert-OH is 1. The molecule has 37 heavy (non-hydrogen) atoms. The summed E-state index contributed by atoms with van der Waals surface area (Å²) in [5.74, 6) is 0.290. The quantitative estimate of drug-likeness (QED) is 0.226. The van der Waals surface area contributed by atoms with Crippen molar-refractivity contribution in [2.75, 3.05) is 5.75 Å². The number of rotatable bonds is 7. The maximum absolute atomic E-state index is 13.4. The lowest BCUT2D eigenvalue weighted by Gasteiger charge is -2.34. The SMILES string of the molecule is Cc1cc(C)c(C2=C(OC(O)C(C)(C)C)CC(C(C)CSc3ccc(C(F)(F)F)cc3)OC2=O)c(C)c1. The molecule has 0 aromatic heterocycles. The number of aryl methyl sites for hydroxylation is 3. The lowest BCUT2D eigenvalue weighted by atomic mass is 9.89. The minimum atomic E-state index is -4.38. The first-order chi connectivity index (χ1) is 17.1. The summed E-state index contributed by atoms with van der Waals surface area (Å²) in [4.78, 5) is 14.1. The van der Waals surface area contributed by atoms with E-state index in [-0.39, 0.29) is 12.3 Å². The standard InChI is InChI=1S/C29H35F3O4S/c1-16-12-17(2)24(18(3)13-16)25-23(36-27(34)28(5,6)7)14-22(35-26(25)33)19(4)15-37-21-10-8-20(9-11-21)29(30,31)32/h8-13,19,22,27,34H,14-15H2,1-7H3. The summed E-state index contributed by atoms with van der Waals surface area (Å²) in [5.41, 5.74) is 2.72. The monoisotopic (exact) mass is 536 g/mol. The van der Waals surface area contributed by atoms with Gasteiger partial charge in [0.25, 0.3) is 0 Å². The Labute approximate surface area is 221 Å².